The third-order valence-electron chi connectivity index (χ3n) is 2.48. The van der Waals surface area contributed by atoms with E-state index in [0.717, 1.165) is 12.0 Å². The van der Waals surface area contributed by atoms with Gasteiger partial charge in [0.2, 0.25) is 0 Å². The summed E-state index contributed by atoms with van der Waals surface area (Å²) in [5.41, 5.74) is 6.54. The highest BCUT2D eigenvalue weighted by molar-refractivity contribution is 5.69. The van der Waals surface area contributed by atoms with Crippen LogP contribution in [0.25, 0.3) is 0 Å². The number of hydrogen-bond acceptors (Lipinski definition) is 5. The number of ether oxygens (including phenoxy) is 3. The summed E-state index contributed by atoms with van der Waals surface area (Å²) < 4.78 is 15.2. The molecule has 1 rings (SSSR count). The third-order valence-corrected chi connectivity index (χ3v) is 2.48. The fraction of sp³-hybridized carbons (Fsp3) is 0.462. The van der Waals surface area contributed by atoms with Crippen molar-refractivity contribution in [3.63, 3.8) is 0 Å². The van der Waals surface area contributed by atoms with Crippen molar-refractivity contribution in [2.75, 3.05) is 27.4 Å². The van der Waals surface area contributed by atoms with E-state index in [0.29, 0.717) is 18.0 Å². The highest BCUT2D eigenvalue weighted by Gasteiger charge is 2.07. The predicted octanol–water partition coefficient (Wildman–Crippen LogP) is 1.14. The lowest BCUT2D eigenvalue weighted by Crippen LogP contribution is -2.10. The van der Waals surface area contributed by atoms with Crippen LogP contribution in [-0.4, -0.2) is 33.3 Å². The largest absolute Gasteiger partial charge is 0.497 e. The minimum atomic E-state index is -0.293. The lowest BCUT2D eigenvalue weighted by atomic mass is 10.1. The van der Waals surface area contributed by atoms with Gasteiger partial charge in [-0.15, -0.1) is 0 Å². The van der Waals surface area contributed by atoms with Crippen molar-refractivity contribution in [1.82, 2.24) is 0 Å². The van der Waals surface area contributed by atoms with Crippen molar-refractivity contribution in [3.05, 3.63) is 23.8 Å². The van der Waals surface area contributed by atoms with Crippen molar-refractivity contribution >= 4 is 5.97 Å². The Morgan fingerprint density at radius 2 is 2.11 bits per heavy atom. The van der Waals surface area contributed by atoms with Gasteiger partial charge in [0.15, 0.2) is 0 Å². The van der Waals surface area contributed by atoms with Gasteiger partial charge in [-0.3, -0.25) is 4.79 Å². The Hall–Kier alpha value is -1.75. The standard InChI is InChI=1S/C13H19NO4/c1-16-11-4-3-10(5-7-14)12(9-11)18-8-6-13(15)17-2/h3-4,9H,5-8,14H2,1-2H3. The third kappa shape index (κ3) is 4.25. The van der Waals surface area contributed by atoms with E-state index >= 15 is 0 Å². The predicted molar refractivity (Wildman–Crippen MR) is 67.9 cm³/mol. The maximum atomic E-state index is 11.0. The molecule has 5 heteroatoms. The van der Waals surface area contributed by atoms with E-state index in [1.54, 1.807) is 13.2 Å². The number of carbonyl (C=O) groups is 1. The number of nitrogens with two attached hydrogens (primary N) is 1. The zero-order valence-corrected chi connectivity index (χ0v) is 10.8. The van der Waals surface area contributed by atoms with E-state index in [-0.39, 0.29) is 19.0 Å². The zero-order chi connectivity index (χ0) is 13.4. The van der Waals surface area contributed by atoms with Crippen LogP contribution in [0.4, 0.5) is 0 Å². The van der Waals surface area contributed by atoms with Gasteiger partial charge in [0, 0.05) is 6.07 Å². The molecule has 0 radical (unpaired) electrons. The summed E-state index contributed by atoms with van der Waals surface area (Å²) >= 11 is 0. The van der Waals surface area contributed by atoms with Crippen LogP contribution in [0.3, 0.4) is 0 Å². The SMILES string of the molecule is COC(=O)CCOc1cc(OC)ccc1CCN. The van der Waals surface area contributed by atoms with E-state index in [4.69, 9.17) is 15.2 Å². The summed E-state index contributed by atoms with van der Waals surface area (Å²) in [6, 6.07) is 5.57. The monoisotopic (exact) mass is 253 g/mol. The van der Waals surface area contributed by atoms with Gasteiger partial charge < -0.3 is 19.9 Å². The second kappa shape index (κ2) is 7.55. The van der Waals surface area contributed by atoms with Gasteiger partial charge in [-0.25, -0.2) is 0 Å². The molecule has 0 aliphatic carbocycles. The van der Waals surface area contributed by atoms with Gasteiger partial charge in [-0.05, 0) is 24.6 Å². The topological polar surface area (TPSA) is 70.8 Å². The molecule has 0 atom stereocenters. The zero-order valence-electron chi connectivity index (χ0n) is 10.8. The Labute approximate surface area is 107 Å². The molecule has 0 unspecified atom stereocenters. The number of methoxy groups -OCH3 is 2. The molecule has 0 spiro atoms. The number of hydrogen-bond donors (Lipinski definition) is 1. The summed E-state index contributed by atoms with van der Waals surface area (Å²) in [5, 5.41) is 0. The summed E-state index contributed by atoms with van der Waals surface area (Å²) in [6.45, 7) is 0.817. The first-order valence-electron chi connectivity index (χ1n) is 5.78. The van der Waals surface area contributed by atoms with Gasteiger partial charge in [0.1, 0.15) is 11.5 Å². The first kappa shape index (κ1) is 14.3. The normalized spacial score (nSPS) is 9.94. The van der Waals surface area contributed by atoms with Gasteiger partial charge >= 0.3 is 5.97 Å². The van der Waals surface area contributed by atoms with Crippen LogP contribution in [0.5, 0.6) is 11.5 Å². The molecule has 1 aromatic rings. The van der Waals surface area contributed by atoms with Crippen molar-refractivity contribution < 1.29 is 19.0 Å². The van der Waals surface area contributed by atoms with Crippen LogP contribution in [0.15, 0.2) is 18.2 Å². The van der Waals surface area contributed by atoms with Crippen molar-refractivity contribution in [2.24, 2.45) is 5.73 Å². The molecular formula is C13H19NO4. The molecule has 0 amide bonds. The smallest absolute Gasteiger partial charge is 0.308 e. The molecule has 5 nitrogen and oxygen atoms in total. The van der Waals surface area contributed by atoms with Gasteiger partial charge in [-0.1, -0.05) is 6.07 Å². The van der Waals surface area contributed by atoms with Crippen molar-refractivity contribution in [3.8, 4) is 11.5 Å². The summed E-state index contributed by atoms with van der Waals surface area (Å²) in [6.07, 6.45) is 0.938. The molecule has 18 heavy (non-hydrogen) atoms. The van der Waals surface area contributed by atoms with Crippen LogP contribution < -0.4 is 15.2 Å². The molecule has 100 valence electrons. The molecule has 1 aromatic carbocycles. The van der Waals surface area contributed by atoms with Gasteiger partial charge in [0.05, 0.1) is 27.2 Å². The molecule has 0 fully saturated rings. The Balaban J connectivity index is 2.68. The number of carbonyl (C=O) groups excluding carboxylic acids is 1. The molecule has 0 saturated carbocycles. The van der Waals surface area contributed by atoms with Crippen LogP contribution in [-0.2, 0) is 16.0 Å². The average Bonchev–Trinajstić information content (AvgIpc) is 2.40. The van der Waals surface area contributed by atoms with Crippen LogP contribution in [0.2, 0.25) is 0 Å². The highest BCUT2D eigenvalue weighted by atomic mass is 16.5. The van der Waals surface area contributed by atoms with E-state index in [9.17, 15) is 4.79 Å². The maximum Gasteiger partial charge on any atom is 0.308 e. The van der Waals surface area contributed by atoms with Crippen molar-refractivity contribution in [1.29, 1.82) is 0 Å². The number of rotatable bonds is 7. The lowest BCUT2D eigenvalue weighted by molar-refractivity contribution is -0.141. The van der Waals surface area contributed by atoms with E-state index < -0.39 is 0 Å². The lowest BCUT2D eigenvalue weighted by Gasteiger charge is -2.12. The van der Waals surface area contributed by atoms with Gasteiger partial charge in [-0.2, -0.15) is 0 Å². The number of benzene rings is 1. The Morgan fingerprint density at radius 3 is 2.72 bits per heavy atom. The number of esters is 1. The van der Waals surface area contributed by atoms with E-state index in [1.165, 1.54) is 7.11 Å². The molecule has 0 aliphatic heterocycles. The Morgan fingerprint density at radius 1 is 1.33 bits per heavy atom. The summed E-state index contributed by atoms with van der Waals surface area (Å²) in [4.78, 5) is 11.0. The second-order valence-electron chi connectivity index (χ2n) is 3.69. The van der Waals surface area contributed by atoms with Gasteiger partial charge in [0.25, 0.3) is 0 Å². The average molecular weight is 253 g/mol. The summed E-state index contributed by atoms with van der Waals surface area (Å²) in [7, 11) is 2.95. The molecule has 2 N–H and O–H groups in total. The molecule has 0 bridgehead atoms. The fourth-order valence-corrected chi connectivity index (χ4v) is 1.50. The fourth-order valence-electron chi connectivity index (χ4n) is 1.50. The molecular weight excluding hydrogens is 234 g/mol. The Bertz CT molecular complexity index is 393. The van der Waals surface area contributed by atoms with Crippen LogP contribution in [0.1, 0.15) is 12.0 Å². The first-order valence-corrected chi connectivity index (χ1v) is 5.78. The van der Waals surface area contributed by atoms with Crippen molar-refractivity contribution in [2.45, 2.75) is 12.8 Å². The molecule has 0 heterocycles. The summed E-state index contributed by atoms with van der Waals surface area (Å²) in [5.74, 6) is 1.12. The molecule has 0 saturated heterocycles. The van der Waals surface area contributed by atoms with E-state index in [1.807, 2.05) is 12.1 Å². The minimum absolute atomic E-state index is 0.218. The highest BCUT2D eigenvalue weighted by Crippen LogP contribution is 2.25. The maximum absolute atomic E-state index is 11.0. The quantitative estimate of drug-likeness (QED) is 0.738. The second-order valence-corrected chi connectivity index (χ2v) is 3.69. The minimum Gasteiger partial charge on any atom is -0.497 e. The Kier molecular flexibility index (Phi) is 6.00. The molecule has 0 aromatic heterocycles. The van der Waals surface area contributed by atoms with Crippen LogP contribution >= 0.6 is 0 Å². The van der Waals surface area contributed by atoms with Crippen LogP contribution in [0, 0.1) is 0 Å². The first-order chi connectivity index (χ1) is 8.71. The van der Waals surface area contributed by atoms with E-state index in [2.05, 4.69) is 4.74 Å². The molecule has 0 aliphatic rings.